The van der Waals surface area contributed by atoms with Gasteiger partial charge in [-0.1, -0.05) is 48.0 Å². The number of hydrogen-bond donors (Lipinski definition) is 0. The van der Waals surface area contributed by atoms with Crippen molar-refractivity contribution in [2.45, 2.75) is 58.5 Å². The van der Waals surface area contributed by atoms with Crippen molar-refractivity contribution in [1.29, 1.82) is 0 Å². The van der Waals surface area contributed by atoms with E-state index in [2.05, 4.69) is 0 Å². The number of rotatable bonds is 10. The molecular weight excluding hydrogens is 448 g/mol. The van der Waals surface area contributed by atoms with E-state index in [0.29, 0.717) is 29.9 Å². The zero-order valence-corrected chi connectivity index (χ0v) is 21.4. The number of carbonyl (C=O) groups excluding carboxylic acids is 1. The Labute approximate surface area is 203 Å². The van der Waals surface area contributed by atoms with Crippen molar-refractivity contribution in [3.05, 3.63) is 88.9 Å². The maximum atomic E-state index is 13.7. The van der Waals surface area contributed by atoms with Gasteiger partial charge in [0.2, 0.25) is 15.9 Å². The first kappa shape index (κ1) is 25.7. The van der Waals surface area contributed by atoms with Crippen LogP contribution in [0.3, 0.4) is 0 Å². The average molecular weight is 483 g/mol. The number of furan rings is 1. The van der Waals surface area contributed by atoms with Crippen LogP contribution in [0.4, 0.5) is 0 Å². The SMILES string of the molecule is Cc1cc(C)c(S(=O)(=O)N(CC(=O)N(CCc2ccccc2)Cc2ccco2)C(C)C)c(C)c1. The molecule has 0 unspecified atom stereocenters. The van der Waals surface area contributed by atoms with Crippen molar-refractivity contribution in [3.8, 4) is 0 Å². The van der Waals surface area contributed by atoms with Crippen molar-refractivity contribution in [3.63, 3.8) is 0 Å². The molecule has 0 aliphatic carbocycles. The smallest absolute Gasteiger partial charge is 0.244 e. The lowest BCUT2D eigenvalue weighted by atomic mass is 10.1. The van der Waals surface area contributed by atoms with Crippen LogP contribution in [-0.4, -0.2) is 42.7 Å². The molecule has 0 saturated carbocycles. The third-order valence-corrected chi connectivity index (χ3v) is 8.16. The molecule has 0 atom stereocenters. The average Bonchev–Trinajstić information content (AvgIpc) is 3.27. The Bertz CT molecular complexity index is 1180. The monoisotopic (exact) mass is 482 g/mol. The number of hydrogen-bond acceptors (Lipinski definition) is 4. The van der Waals surface area contributed by atoms with Gasteiger partial charge in [-0.25, -0.2) is 8.42 Å². The molecule has 2 aromatic carbocycles. The van der Waals surface area contributed by atoms with Crippen molar-refractivity contribution in [2.75, 3.05) is 13.1 Å². The van der Waals surface area contributed by atoms with Crippen LogP contribution in [0.25, 0.3) is 0 Å². The molecule has 0 N–H and O–H groups in total. The Morgan fingerprint density at radius 1 is 0.971 bits per heavy atom. The first-order chi connectivity index (χ1) is 16.1. The fourth-order valence-corrected chi connectivity index (χ4v) is 6.26. The van der Waals surface area contributed by atoms with Gasteiger partial charge < -0.3 is 9.32 Å². The second-order valence-corrected chi connectivity index (χ2v) is 10.8. The quantitative estimate of drug-likeness (QED) is 0.413. The standard InChI is InChI=1S/C27H34N2O4S/c1-20(2)29(34(31,32)27-22(4)16-21(3)17-23(27)5)19-26(30)28(18-25-12-9-15-33-25)14-13-24-10-7-6-8-11-24/h6-12,15-17,20H,13-14,18-19H2,1-5H3. The molecule has 0 radical (unpaired) electrons. The zero-order chi connectivity index (χ0) is 24.9. The van der Waals surface area contributed by atoms with Crippen LogP contribution >= 0.6 is 0 Å². The fraction of sp³-hybridized carbons (Fsp3) is 0.370. The summed E-state index contributed by atoms with van der Waals surface area (Å²) in [4.78, 5) is 15.4. The topological polar surface area (TPSA) is 70.8 Å². The molecule has 6 nitrogen and oxygen atoms in total. The van der Waals surface area contributed by atoms with Crippen LogP contribution in [0, 0.1) is 20.8 Å². The highest BCUT2D eigenvalue weighted by atomic mass is 32.2. The van der Waals surface area contributed by atoms with E-state index in [4.69, 9.17) is 4.42 Å². The number of amides is 1. The third-order valence-electron chi connectivity index (χ3n) is 5.83. The Hall–Kier alpha value is -2.90. The van der Waals surface area contributed by atoms with E-state index in [1.54, 1.807) is 44.9 Å². The Morgan fingerprint density at radius 3 is 2.18 bits per heavy atom. The molecule has 182 valence electrons. The lowest BCUT2D eigenvalue weighted by Crippen LogP contribution is -2.46. The Balaban J connectivity index is 1.87. The second-order valence-electron chi connectivity index (χ2n) is 9.00. The van der Waals surface area contributed by atoms with Gasteiger partial charge in [-0.3, -0.25) is 4.79 Å². The number of carbonyl (C=O) groups is 1. The number of sulfonamides is 1. The van der Waals surface area contributed by atoms with Gasteiger partial charge in [0, 0.05) is 12.6 Å². The summed E-state index contributed by atoms with van der Waals surface area (Å²) in [6.45, 7) is 9.65. The first-order valence-corrected chi connectivity index (χ1v) is 13.0. The largest absolute Gasteiger partial charge is 0.467 e. The summed E-state index contributed by atoms with van der Waals surface area (Å²) >= 11 is 0. The minimum Gasteiger partial charge on any atom is -0.467 e. The molecule has 3 rings (SSSR count). The maximum Gasteiger partial charge on any atom is 0.244 e. The van der Waals surface area contributed by atoms with Crippen molar-refractivity contribution in [1.82, 2.24) is 9.21 Å². The molecule has 0 aliphatic heterocycles. The van der Waals surface area contributed by atoms with Crippen LogP contribution < -0.4 is 0 Å². The molecular formula is C27H34N2O4S. The maximum absolute atomic E-state index is 13.7. The fourth-order valence-electron chi connectivity index (χ4n) is 4.26. The van der Waals surface area contributed by atoms with Crippen molar-refractivity contribution >= 4 is 15.9 Å². The predicted octanol–water partition coefficient (Wildman–Crippen LogP) is 4.88. The number of aryl methyl sites for hydroxylation is 3. The molecule has 0 aliphatic rings. The number of benzene rings is 2. The van der Waals surface area contributed by atoms with Crippen LogP contribution in [0.2, 0.25) is 0 Å². The van der Waals surface area contributed by atoms with Gasteiger partial charge in [0.25, 0.3) is 0 Å². The predicted molar refractivity (Wildman–Crippen MR) is 134 cm³/mol. The van der Waals surface area contributed by atoms with Gasteiger partial charge in [-0.15, -0.1) is 0 Å². The first-order valence-electron chi connectivity index (χ1n) is 11.5. The van der Waals surface area contributed by atoms with Crippen LogP contribution in [0.5, 0.6) is 0 Å². The van der Waals surface area contributed by atoms with Gasteiger partial charge in [-0.05, 0) is 69.9 Å². The summed E-state index contributed by atoms with van der Waals surface area (Å²) in [6, 6.07) is 16.9. The van der Waals surface area contributed by atoms with Crippen LogP contribution in [-0.2, 0) is 27.8 Å². The van der Waals surface area contributed by atoms with E-state index < -0.39 is 10.0 Å². The molecule has 1 amide bonds. The summed E-state index contributed by atoms with van der Waals surface area (Å²) in [5.74, 6) is 0.401. The van der Waals surface area contributed by atoms with Gasteiger partial charge in [-0.2, -0.15) is 4.31 Å². The van der Waals surface area contributed by atoms with Gasteiger partial charge in [0.05, 0.1) is 24.2 Å². The zero-order valence-electron chi connectivity index (χ0n) is 20.6. The molecule has 1 aromatic heterocycles. The molecule has 34 heavy (non-hydrogen) atoms. The van der Waals surface area contributed by atoms with E-state index in [1.807, 2.05) is 55.5 Å². The van der Waals surface area contributed by atoms with Crippen LogP contribution in [0.15, 0.2) is 70.2 Å². The highest BCUT2D eigenvalue weighted by Gasteiger charge is 2.33. The minimum absolute atomic E-state index is 0.234. The van der Waals surface area contributed by atoms with Gasteiger partial charge >= 0.3 is 0 Å². The summed E-state index contributed by atoms with van der Waals surface area (Å²) in [6.07, 6.45) is 2.24. The molecule has 0 spiro atoms. The molecule has 7 heteroatoms. The molecule has 0 saturated heterocycles. The highest BCUT2D eigenvalue weighted by molar-refractivity contribution is 7.89. The lowest BCUT2D eigenvalue weighted by Gasteiger charge is -2.30. The Morgan fingerprint density at radius 2 is 1.62 bits per heavy atom. The minimum atomic E-state index is -3.87. The number of nitrogens with zero attached hydrogens (tertiary/aromatic N) is 2. The van der Waals surface area contributed by atoms with Crippen LogP contribution in [0.1, 0.15) is 41.9 Å². The normalized spacial score (nSPS) is 11.9. The second kappa shape index (κ2) is 11.0. The molecule has 0 fully saturated rings. The highest BCUT2D eigenvalue weighted by Crippen LogP contribution is 2.27. The van der Waals surface area contributed by atoms with E-state index in [1.165, 1.54) is 4.31 Å². The van der Waals surface area contributed by atoms with E-state index in [-0.39, 0.29) is 29.9 Å². The van der Waals surface area contributed by atoms with Gasteiger partial charge in [0.1, 0.15) is 5.76 Å². The summed E-state index contributed by atoms with van der Waals surface area (Å²) in [7, 11) is -3.87. The molecule has 3 aromatic rings. The van der Waals surface area contributed by atoms with E-state index in [9.17, 15) is 13.2 Å². The summed E-state index contributed by atoms with van der Waals surface area (Å²) in [5.41, 5.74) is 3.49. The molecule has 1 heterocycles. The summed E-state index contributed by atoms with van der Waals surface area (Å²) in [5, 5.41) is 0. The van der Waals surface area contributed by atoms with Crippen molar-refractivity contribution in [2.24, 2.45) is 0 Å². The van der Waals surface area contributed by atoms with E-state index >= 15 is 0 Å². The summed E-state index contributed by atoms with van der Waals surface area (Å²) < 4.78 is 34.2. The molecule has 0 bridgehead atoms. The van der Waals surface area contributed by atoms with E-state index in [0.717, 1.165) is 11.1 Å². The van der Waals surface area contributed by atoms with Gasteiger partial charge in [0.15, 0.2) is 0 Å². The third kappa shape index (κ3) is 6.15. The Kier molecular flexibility index (Phi) is 8.33. The lowest BCUT2D eigenvalue weighted by molar-refractivity contribution is -0.132. The van der Waals surface area contributed by atoms with Crippen molar-refractivity contribution < 1.29 is 17.6 Å².